The minimum absolute atomic E-state index is 0.393. The monoisotopic (exact) mass is 340 g/mol. The van der Waals surface area contributed by atoms with E-state index in [0.29, 0.717) is 22.1 Å². The van der Waals surface area contributed by atoms with Crippen LogP contribution in [-0.2, 0) is 17.8 Å². The smallest absolute Gasteiger partial charge is 0.161 e. The van der Waals surface area contributed by atoms with Crippen molar-refractivity contribution in [3.63, 3.8) is 0 Å². The van der Waals surface area contributed by atoms with Gasteiger partial charge in [-0.25, -0.2) is 9.97 Å². The van der Waals surface area contributed by atoms with Crippen molar-refractivity contribution in [3.05, 3.63) is 45.1 Å². The summed E-state index contributed by atoms with van der Waals surface area (Å²) < 4.78 is 5.82. The van der Waals surface area contributed by atoms with Gasteiger partial charge in [-0.05, 0) is 27.9 Å². The van der Waals surface area contributed by atoms with Crippen molar-refractivity contribution >= 4 is 27.5 Å². The van der Waals surface area contributed by atoms with Crippen molar-refractivity contribution in [2.24, 2.45) is 0 Å². The molecule has 3 nitrogen and oxygen atoms in total. The van der Waals surface area contributed by atoms with E-state index in [1.807, 2.05) is 18.2 Å². The summed E-state index contributed by atoms with van der Waals surface area (Å²) in [5.41, 5.74) is 2.96. The highest BCUT2D eigenvalue weighted by atomic mass is 79.9. The minimum Gasteiger partial charge on any atom is -0.378 e. The molecule has 0 aliphatic heterocycles. The van der Waals surface area contributed by atoms with Gasteiger partial charge in [-0.1, -0.05) is 42.8 Å². The van der Waals surface area contributed by atoms with Crippen LogP contribution in [0.25, 0.3) is 11.4 Å². The summed E-state index contributed by atoms with van der Waals surface area (Å²) in [5.74, 6) is 0.637. The lowest BCUT2D eigenvalue weighted by molar-refractivity contribution is 0.181. The van der Waals surface area contributed by atoms with Crippen molar-refractivity contribution in [2.45, 2.75) is 20.0 Å². The zero-order valence-corrected chi connectivity index (χ0v) is 13.1. The largest absolute Gasteiger partial charge is 0.378 e. The lowest BCUT2D eigenvalue weighted by Crippen LogP contribution is -2.01. The SMILES string of the molecule is CCc1ccccc1-c1nc(Cl)c(Br)c(COC)n1. The molecule has 100 valence electrons. The zero-order valence-electron chi connectivity index (χ0n) is 10.8. The topological polar surface area (TPSA) is 35.0 Å². The first-order valence-electron chi connectivity index (χ1n) is 5.96. The van der Waals surface area contributed by atoms with Gasteiger partial charge in [0, 0.05) is 12.7 Å². The summed E-state index contributed by atoms with van der Waals surface area (Å²) in [5, 5.41) is 0.406. The number of benzene rings is 1. The molecule has 0 radical (unpaired) electrons. The fourth-order valence-corrected chi connectivity index (χ4v) is 2.34. The van der Waals surface area contributed by atoms with E-state index in [2.05, 4.69) is 38.9 Å². The van der Waals surface area contributed by atoms with Gasteiger partial charge < -0.3 is 4.74 Å². The third kappa shape index (κ3) is 3.14. The number of rotatable bonds is 4. The average Bonchev–Trinajstić information content (AvgIpc) is 2.43. The number of aromatic nitrogens is 2. The van der Waals surface area contributed by atoms with Crippen molar-refractivity contribution in [1.82, 2.24) is 9.97 Å². The van der Waals surface area contributed by atoms with Gasteiger partial charge in [0.1, 0.15) is 5.15 Å². The first-order valence-corrected chi connectivity index (χ1v) is 7.13. The van der Waals surface area contributed by atoms with Crippen LogP contribution in [-0.4, -0.2) is 17.1 Å². The third-order valence-electron chi connectivity index (χ3n) is 2.80. The molecule has 0 N–H and O–H groups in total. The third-order valence-corrected chi connectivity index (χ3v) is 4.13. The molecule has 2 rings (SSSR count). The molecule has 0 aliphatic rings. The summed E-state index contributed by atoms with van der Waals surface area (Å²) in [6, 6.07) is 8.07. The number of nitrogens with zero attached hydrogens (tertiary/aromatic N) is 2. The number of ether oxygens (including phenoxy) is 1. The number of aryl methyl sites for hydroxylation is 1. The summed E-state index contributed by atoms with van der Waals surface area (Å²) in [6.07, 6.45) is 0.923. The van der Waals surface area contributed by atoms with Crippen LogP contribution < -0.4 is 0 Å². The van der Waals surface area contributed by atoms with E-state index in [4.69, 9.17) is 16.3 Å². The Hall–Kier alpha value is -0.970. The number of halogens is 2. The predicted molar refractivity (Wildman–Crippen MR) is 80.3 cm³/mol. The lowest BCUT2D eigenvalue weighted by Gasteiger charge is -2.10. The van der Waals surface area contributed by atoms with E-state index < -0.39 is 0 Å². The molecule has 0 spiro atoms. The van der Waals surface area contributed by atoms with E-state index in [1.165, 1.54) is 5.56 Å². The van der Waals surface area contributed by atoms with Crippen LogP contribution >= 0.6 is 27.5 Å². The Kier molecular flexibility index (Phi) is 4.91. The number of methoxy groups -OCH3 is 1. The Labute approximate surface area is 126 Å². The van der Waals surface area contributed by atoms with Gasteiger partial charge in [0.15, 0.2) is 5.82 Å². The highest BCUT2D eigenvalue weighted by Crippen LogP contribution is 2.28. The summed E-state index contributed by atoms with van der Waals surface area (Å²) >= 11 is 9.53. The Bertz CT molecular complexity index is 590. The molecule has 19 heavy (non-hydrogen) atoms. The molecular weight excluding hydrogens is 328 g/mol. The maximum absolute atomic E-state index is 6.15. The summed E-state index contributed by atoms with van der Waals surface area (Å²) in [6.45, 7) is 2.50. The van der Waals surface area contributed by atoms with Crippen LogP contribution in [0.1, 0.15) is 18.2 Å². The minimum atomic E-state index is 0.393. The molecule has 1 aromatic heterocycles. The molecule has 0 unspecified atom stereocenters. The molecule has 0 atom stereocenters. The molecule has 0 saturated heterocycles. The van der Waals surface area contributed by atoms with E-state index in [1.54, 1.807) is 7.11 Å². The Morgan fingerprint density at radius 1 is 1.26 bits per heavy atom. The average molecular weight is 342 g/mol. The number of hydrogen-bond donors (Lipinski definition) is 0. The number of hydrogen-bond acceptors (Lipinski definition) is 3. The van der Waals surface area contributed by atoms with Crippen molar-refractivity contribution in [3.8, 4) is 11.4 Å². The van der Waals surface area contributed by atoms with Crippen molar-refractivity contribution in [2.75, 3.05) is 7.11 Å². The highest BCUT2D eigenvalue weighted by molar-refractivity contribution is 9.10. The second kappa shape index (κ2) is 6.46. The van der Waals surface area contributed by atoms with Gasteiger partial charge in [0.25, 0.3) is 0 Å². The van der Waals surface area contributed by atoms with Crippen LogP contribution in [0.3, 0.4) is 0 Å². The van der Waals surface area contributed by atoms with Gasteiger partial charge >= 0.3 is 0 Å². The molecule has 1 aromatic carbocycles. The van der Waals surface area contributed by atoms with Crippen LogP contribution in [0.15, 0.2) is 28.7 Å². The Morgan fingerprint density at radius 2 is 2.00 bits per heavy atom. The van der Waals surface area contributed by atoms with Gasteiger partial charge in [-0.15, -0.1) is 0 Å². The molecular formula is C14H14BrClN2O. The second-order valence-electron chi connectivity index (χ2n) is 4.04. The van der Waals surface area contributed by atoms with E-state index in [0.717, 1.165) is 17.7 Å². The molecule has 0 fully saturated rings. The normalized spacial score (nSPS) is 10.7. The van der Waals surface area contributed by atoms with Gasteiger partial charge in [-0.2, -0.15) is 0 Å². The summed E-state index contributed by atoms with van der Waals surface area (Å²) in [7, 11) is 1.63. The summed E-state index contributed by atoms with van der Waals surface area (Å²) in [4.78, 5) is 8.88. The molecule has 0 aliphatic carbocycles. The van der Waals surface area contributed by atoms with Crippen LogP contribution in [0, 0.1) is 0 Å². The van der Waals surface area contributed by atoms with Gasteiger partial charge in [0.05, 0.1) is 16.8 Å². The maximum Gasteiger partial charge on any atom is 0.161 e. The van der Waals surface area contributed by atoms with Gasteiger partial charge in [0.2, 0.25) is 0 Å². The predicted octanol–water partition coefficient (Wildman–Crippen LogP) is 4.27. The Morgan fingerprint density at radius 3 is 2.68 bits per heavy atom. The molecule has 5 heteroatoms. The van der Waals surface area contributed by atoms with Crippen LogP contribution in [0.2, 0.25) is 5.15 Å². The highest BCUT2D eigenvalue weighted by Gasteiger charge is 2.13. The molecule has 0 bridgehead atoms. The van der Waals surface area contributed by atoms with E-state index in [-0.39, 0.29) is 0 Å². The fourth-order valence-electron chi connectivity index (χ4n) is 1.86. The second-order valence-corrected chi connectivity index (χ2v) is 5.19. The van der Waals surface area contributed by atoms with Crippen LogP contribution in [0.5, 0.6) is 0 Å². The molecule has 1 heterocycles. The van der Waals surface area contributed by atoms with Crippen molar-refractivity contribution in [1.29, 1.82) is 0 Å². The zero-order chi connectivity index (χ0) is 13.8. The van der Waals surface area contributed by atoms with Crippen molar-refractivity contribution < 1.29 is 4.74 Å². The molecule has 2 aromatic rings. The standard InChI is InChI=1S/C14H14BrClN2O/c1-3-9-6-4-5-7-10(9)14-17-11(8-19-2)12(15)13(16)18-14/h4-7H,3,8H2,1-2H3. The first-order chi connectivity index (χ1) is 9.17. The van der Waals surface area contributed by atoms with E-state index >= 15 is 0 Å². The molecule has 0 saturated carbocycles. The first kappa shape index (κ1) is 14.4. The quantitative estimate of drug-likeness (QED) is 0.779. The fraction of sp³-hybridized carbons (Fsp3) is 0.286. The van der Waals surface area contributed by atoms with Crippen LogP contribution in [0.4, 0.5) is 0 Å². The van der Waals surface area contributed by atoms with Gasteiger partial charge in [-0.3, -0.25) is 0 Å². The lowest BCUT2D eigenvalue weighted by atomic mass is 10.0. The maximum atomic E-state index is 6.15. The molecule has 0 amide bonds. The Balaban J connectivity index is 2.56. The van der Waals surface area contributed by atoms with E-state index in [9.17, 15) is 0 Å².